The molecule has 26 heavy (non-hydrogen) atoms. The SMILES string of the molecule is CC(=O)N1c2ccc(S(=O)(=O)N3CCC(CC(=O)O)CC3)cc2CC1C. The Kier molecular flexibility index (Phi) is 5.07. The minimum Gasteiger partial charge on any atom is -0.481 e. The Balaban J connectivity index is 1.78. The van der Waals surface area contributed by atoms with Crippen LogP contribution >= 0.6 is 0 Å². The number of carbonyl (C=O) groups is 2. The van der Waals surface area contributed by atoms with Crippen molar-refractivity contribution in [1.82, 2.24) is 4.31 Å². The van der Waals surface area contributed by atoms with Crippen molar-refractivity contribution in [2.24, 2.45) is 5.92 Å². The summed E-state index contributed by atoms with van der Waals surface area (Å²) >= 11 is 0. The molecule has 1 saturated heterocycles. The molecule has 8 heteroatoms. The van der Waals surface area contributed by atoms with Gasteiger partial charge in [-0.25, -0.2) is 8.42 Å². The summed E-state index contributed by atoms with van der Waals surface area (Å²) in [7, 11) is -3.61. The van der Waals surface area contributed by atoms with Crippen molar-refractivity contribution in [3.05, 3.63) is 23.8 Å². The zero-order chi connectivity index (χ0) is 19.1. The monoisotopic (exact) mass is 380 g/mol. The average Bonchev–Trinajstić information content (AvgIpc) is 2.89. The number of nitrogens with zero attached hydrogens (tertiary/aromatic N) is 2. The van der Waals surface area contributed by atoms with E-state index in [0.717, 1.165) is 11.3 Å². The predicted molar refractivity (Wildman–Crippen MR) is 96.5 cm³/mol. The van der Waals surface area contributed by atoms with E-state index in [-0.39, 0.29) is 29.2 Å². The second-order valence-corrected chi connectivity index (χ2v) is 9.12. The number of aliphatic carboxylic acids is 1. The molecule has 1 aromatic carbocycles. The molecule has 1 N–H and O–H groups in total. The first-order chi connectivity index (χ1) is 12.2. The lowest BCUT2D eigenvalue weighted by atomic mass is 9.95. The van der Waals surface area contributed by atoms with Crippen LogP contribution in [0.25, 0.3) is 0 Å². The van der Waals surface area contributed by atoms with E-state index in [4.69, 9.17) is 5.11 Å². The third-order valence-corrected chi connectivity index (χ3v) is 7.18. The highest BCUT2D eigenvalue weighted by Gasteiger charge is 2.33. The third kappa shape index (κ3) is 3.48. The Labute approximate surface area is 153 Å². The molecule has 1 fully saturated rings. The topological polar surface area (TPSA) is 95.0 Å². The molecule has 0 aliphatic carbocycles. The van der Waals surface area contributed by atoms with Gasteiger partial charge in [0.1, 0.15) is 0 Å². The zero-order valence-electron chi connectivity index (χ0n) is 15.0. The first-order valence-electron chi connectivity index (χ1n) is 8.85. The van der Waals surface area contributed by atoms with Gasteiger partial charge in [-0.05, 0) is 55.9 Å². The van der Waals surface area contributed by atoms with E-state index >= 15 is 0 Å². The van der Waals surface area contributed by atoms with Gasteiger partial charge in [0, 0.05) is 38.2 Å². The van der Waals surface area contributed by atoms with Crippen LogP contribution in [-0.4, -0.2) is 48.8 Å². The van der Waals surface area contributed by atoms with Crippen LogP contribution in [-0.2, 0) is 26.0 Å². The van der Waals surface area contributed by atoms with Crippen molar-refractivity contribution in [2.75, 3.05) is 18.0 Å². The molecular formula is C18H24N2O5S. The van der Waals surface area contributed by atoms with Gasteiger partial charge in [-0.3, -0.25) is 9.59 Å². The van der Waals surface area contributed by atoms with Crippen molar-refractivity contribution in [1.29, 1.82) is 0 Å². The predicted octanol–water partition coefficient (Wildman–Crippen LogP) is 1.86. The summed E-state index contributed by atoms with van der Waals surface area (Å²) in [5.74, 6) is -0.856. The summed E-state index contributed by atoms with van der Waals surface area (Å²) in [6, 6.07) is 4.97. The minimum atomic E-state index is -3.61. The first kappa shape index (κ1) is 18.8. The maximum Gasteiger partial charge on any atom is 0.303 e. The number of rotatable bonds is 4. The molecule has 2 aliphatic heterocycles. The van der Waals surface area contributed by atoms with Crippen molar-refractivity contribution >= 4 is 27.6 Å². The van der Waals surface area contributed by atoms with E-state index in [9.17, 15) is 18.0 Å². The first-order valence-corrected chi connectivity index (χ1v) is 10.3. The molecule has 3 rings (SSSR count). The highest BCUT2D eigenvalue weighted by molar-refractivity contribution is 7.89. The number of amides is 1. The van der Waals surface area contributed by atoms with E-state index in [1.54, 1.807) is 23.1 Å². The number of carbonyl (C=O) groups excluding carboxylic acids is 1. The van der Waals surface area contributed by atoms with Crippen LogP contribution in [0.2, 0.25) is 0 Å². The van der Waals surface area contributed by atoms with Crippen LogP contribution in [0.3, 0.4) is 0 Å². The molecule has 0 bridgehead atoms. The number of carboxylic acids is 1. The van der Waals surface area contributed by atoms with Crippen LogP contribution in [0.1, 0.15) is 38.7 Å². The summed E-state index contributed by atoms with van der Waals surface area (Å²) in [5.41, 5.74) is 1.65. The van der Waals surface area contributed by atoms with Crippen molar-refractivity contribution < 1.29 is 23.1 Å². The maximum absolute atomic E-state index is 12.9. The normalized spacial score (nSPS) is 21.6. The van der Waals surface area contributed by atoms with Gasteiger partial charge in [0.25, 0.3) is 0 Å². The minimum absolute atomic E-state index is 0.0206. The molecule has 0 spiro atoms. The van der Waals surface area contributed by atoms with Gasteiger partial charge in [0.05, 0.1) is 4.90 Å². The lowest BCUT2D eigenvalue weighted by Crippen LogP contribution is -2.38. The number of benzene rings is 1. The highest BCUT2D eigenvalue weighted by Crippen LogP contribution is 2.35. The largest absolute Gasteiger partial charge is 0.481 e. The van der Waals surface area contributed by atoms with Crippen LogP contribution in [0.5, 0.6) is 0 Å². The fourth-order valence-electron chi connectivity index (χ4n) is 4.00. The Morgan fingerprint density at radius 3 is 2.46 bits per heavy atom. The van der Waals surface area contributed by atoms with Gasteiger partial charge in [0.15, 0.2) is 0 Å². The van der Waals surface area contributed by atoms with Gasteiger partial charge < -0.3 is 10.0 Å². The Morgan fingerprint density at radius 2 is 1.88 bits per heavy atom. The smallest absolute Gasteiger partial charge is 0.303 e. The fourth-order valence-corrected chi connectivity index (χ4v) is 5.52. The van der Waals surface area contributed by atoms with E-state index in [2.05, 4.69) is 0 Å². The van der Waals surface area contributed by atoms with Gasteiger partial charge >= 0.3 is 5.97 Å². The lowest BCUT2D eigenvalue weighted by Gasteiger charge is -2.30. The van der Waals surface area contributed by atoms with Gasteiger partial charge in [0.2, 0.25) is 15.9 Å². The molecular weight excluding hydrogens is 356 g/mol. The summed E-state index contributed by atoms with van der Waals surface area (Å²) in [6.45, 7) is 4.14. The van der Waals surface area contributed by atoms with Crippen molar-refractivity contribution in [3.63, 3.8) is 0 Å². The van der Waals surface area contributed by atoms with E-state index in [0.29, 0.717) is 32.4 Å². The second-order valence-electron chi connectivity index (χ2n) is 7.18. The summed E-state index contributed by atoms with van der Waals surface area (Å²) in [5, 5.41) is 8.88. The number of sulfonamides is 1. The molecule has 0 aromatic heterocycles. The van der Waals surface area contributed by atoms with Gasteiger partial charge in [-0.1, -0.05) is 0 Å². The molecule has 142 valence electrons. The van der Waals surface area contributed by atoms with Crippen LogP contribution in [0.4, 0.5) is 5.69 Å². The molecule has 2 aliphatic rings. The quantitative estimate of drug-likeness (QED) is 0.860. The van der Waals surface area contributed by atoms with Gasteiger partial charge in [-0.15, -0.1) is 0 Å². The van der Waals surface area contributed by atoms with Crippen LogP contribution < -0.4 is 4.90 Å². The van der Waals surface area contributed by atoms with Crippen LogP contribution in [0.15, 0.2) is 23.1 Å². The molecule has 1 atom stereocenters. The summed E-state index contributed by atoms with van der Waals surface area (Å²) in [4.78, 5) is 24.6. The average molecular weight is 380 g/mol. The van der Waals surface area contributed by atoms with Crippen molar-refractivity contribution in [3.8, 4) is 0 Å². The summed E-state index contributed by atoms with van der Waals surface area (Å²) in [6.07, 6.45) is 1.85. The van der Waals surface area contributed by atoms with E-state index in [1.807, 2.05) is 6.92 Å². The third-order valence-electron chi connectivity index (χ3n) is 5.28. The molecule has 1 unspecified atom stereocenters. The second kappa shape index (κ2) is 7.00. The Bertz CT molecular complexity index is 828. The lowest BCUT2D eigenvalue weighted by molar-refractivity contribution is -0.138. The Morgan fingerprint density at radius 1 is 1.23 bits per heavy atom. The number of anilines is 1. The number of hydrogen-bond acceptors (Lipinski definition) is 4. The summed E-state index contributed by atoms with van der Waals surface area (Å²) < 4.78 is 27.3. The highest BCUT2D eigenvalue weighted by atomic mass is 32.2. The molecule has 0 radical (unpaired) electrons. The maximum atomic E-state index is 12.9. The molecule has 0 saturated carbocycles. The number of piperidine rings is 1. The van der Waals surface area contributed by atoms with Crippen LogP contribution in [0, 0.1) is 5.92 Å². The van der Waals surface area contributed by atoms with Crippen molar-refractivity contribution in [2.45, 2.75) is 50.5 Å². The van der Waals surface area contributed by atoms with Gasteiger partial charge in [-0.2, -0.15) is 4.31 Å². The molecule has 2 heterocycles. The Hall–Kier alpha value is -1.93. The molecule has 1 amide bonds. The van der Waals surface area contributed by atoms with E-state index < -0.39 is 16.0 Å². The van der Waals surface area contributed by atoms with E-state index in [1.165, 1.54) is 11.2 Å². The number of carboxylic acid groups (broad SMARTS) is 1. The standard InChI is InChI=1S/C18H24N2O5S/c1-12-9-15-11-16(3-4-17(15)20(12)13(2)21)26(24,25)19-7-5-14(6-8-19)10-18(22)23/h3-4,11-12,14H,5-10H2,1-2H3,(H,22,23). The molecule has 7 nitrogen and oxygen atoms in total. The molecule has 1 aromatic rings. The zero-order valence-corrected chi connectivity index (χ0v) is 15.8. The fraction of sp³-hybridized carbons (Fsp3) is 0.556. The number of fused-ring (bicyclic) bond motifs is 1. The number of hydrogen-bond donors (Lipinski definition) is 1.